The van der Waals surface area contributed by atoms with Crippen LogP contribution in [-0.4, -0.2) is 35.9 Å². The lowest BCUT2D eigenvalue weighted by Gasteiger charge is -2.07. The molecule has 1 rings (SSSR count). The van der Waals surface area contributed by atoms with Crippen LogP contribution in [0.15, 0.2) is 17.2 Å². The van der Waals surface area contributed by atoms with Gasteiger partial charge in [0.05, 0.1) is 6.61 Å². The second kappa shape index (κ2) is 8.83. The van der Waals surface area contributed by atoms with Crippen molar-refractivity contribution in [2.24, 2.45) is 0 Å². The fraction of sp³-hybridized carbons (Fsp3) is 0.692. The number of aryl methyl sites for hydroxylation is 1. The van der Waals surface area contributed by atoms with Crippen LogP contribution in [0, 0.1) is 6.92 Å². The third-order valence-electron chi connectivity index (χ3n) is 2.58. The standard InChI is InChI=1S/C13H23N3O2/c1-3-4-8-18-9-6-14-5-7-16-11-12(2)10-15-13(16)17/h10-11,14H,3-9H2,1-2H3. The Hall–Kier alpha value is -1.20. The Labute approximate surface area is 108 Å². The fourth-order valence-corrected chi connectivity index (χ4v) is 1.54. The van der Waals surface area contributed by atoms with Crippen LogP contribution in [0.2, 0.25) is 0 Å². The van der Waals surface area contributed by atoms with E-state index in [0.717, 1.165) is 44.7 Å². The summed E-state index contributed by atoms with van der Waals surface area (Å²) < 4.78 is 7.05. The molecular weight excluding hydrogens is 230 g/mol. The molecule has 1 N–H and O–H groups in total. The minimum Gasteiger partial charge on any atom is -0.380 e. The molecule has 0 bridgehead atoms. The van der Waals surface area contributed by atoms with Crippen molar-refractivity contribution in [2.45, 2.75) is 33.2 Å². The van der Waals surface area contributed by atoms with Gasteiger partial charge in [-0.25, -0.2) is 9.78 Å². The predicted molar refractivity (Wildman–Crippen MR) is 71.8 cm³/mol. The molecule has 0 aliphatic rings. The minimum atomic E-state index is -0.193. The maximum absolute atomic E-state index is 11.4. The largest absolute Gasteiger partial charge is 0.380 e. The summed E-state index contributed by atoms with van der Waals surface area (Å²) in [6.45, 7) is 7.84. The summed E-state index contributed by atoms with van der Waals surface area (Å²) in [7, 11) is 0. The quantitative estimate of drug-likeness (QED) is 0.666. The molecule has 5 heteroatoms. The Morgan fingerprint density at radius 3 is 3.00 bits per heavy atom. The van der Waals surface area contributed by atoms with Crippen LogP contribution in [0.25, 0.3) is 0 Å². The van der Waals surface area contributed by atoms with E-state index in [1.165, 1.54) is 0 Å². The molecular formula is C13H23N3O2. The van der Waals surface area contributed by atoms with Gasteiger partial charge < -0.3 is 10.1 Å². The zero-order chi connectivity index (χ0) is 13.2. The normalized spacial score (nSPS) is 10.8. The lowest BCUT2D eigenvalue weighted by atomic mass is 10.4. The number of aromatic nitrogens is 2. The predicted octanol–water partition coefficient (Wildman–Crippen LogP) is 0.958. The van der Waals surface area contributed by atoms with E-state index < -0.39 is 0 Å². The first-order valence-corrected chi connectivity index (χ1v) is 6.55. The summed E-state index contributed by atoms with van der Waals surface area (Å²) in [5.41, 5.74) is 0.805. The summed E-state index contributed by atoms with van der Waals surface area (Å²) in [6, 6.07) is 0. The van der Waals surface area contributed by atoms with Gasteiger partial charge in [-0.1, -0.05) is 13.3 Å². The van der Waals surface area contributed by atoms with Crippen LogP contribution in [0.1, 0.15) is 25.3 Å². The Balaban J connectivity index is 2.11. The van der Waals surface area contributed by atoms with Crippen molar-refractivity contribution in [2.75, 3.05) is 26.3 Å². The molecule has 0 amide bonds. The van der Waals surface area contributed by atoms with E-state index in [1.807, 2.05) is 13.1 Å². The smallest absolute Gasteiger partial charge is 0.347 e. The van der Waals surface area contributed by atoms with Crippen LogP contribution in [0.4, 0.5) is 0 Å². The Kier molecular flexibility index (Phi) is 7.29. The van der Waals surface area contributed by atoms with E-state index in [1.54, 1.807) is 10.8 Å². The van der Waals surface area contributed by atoms with Gasteiger partial charge >= 0.3 is 5.69 Å². The zero-order valence-corrected chi connectivity index (χ0v) is 11.3. The third-order valence-corrected chi connectivity index (χ3v) is 2.58. The maximum Gasteiger partial charge on any atom is 0.347 e. The van der Waals surface area contributed by atoms with E-state index in [2.05, 4.69) is 17.2 Å². The highest BCUT2D eigenvalue weighted by Gasteiger charge is 1.96. The highest BCUT2D eigenvalue weighted by atomic mass is 16.5. The molecule has 0 atom stereocenters. The van der Waals surface area contributed by atoms with Crippen LogP contribution in [-0.2, 0) is 11.3 Å². The lowest BCUT2D eigenvalue weighted by molar-refractivity contribution is 0.133. The van der Waals surface area contributed by atoms with Gasteiger partial charge in [-0.05, 0) is 18.9 Å². The monoisotopic (exact) mass is 253 g/mol. The van der Waals surface area contributed by atoms with Gasteiger partial charge in [0.1, 0.15) is 0 Å². The second-order valence-corrected chi connectivity index (χ2v) is 4.32. The number of nitrogens with one attached hydrogen (secondary N) is 1. The molecule has 0 saturated carbocycles. The van der Waals surface area contributed by atoms with Gasteiger partial charge in [0.25, 0.3) is 0 Å². The van der Waals surface area contributed by atoms with E-state index in [-0.39, 0.29) is 5.69 Å². The first-order valence-electron chi connectivity index (χ1n) is 6.55. The molecule has 5 nitrogen and oxygen atoms in total. The molecule has 0 radical (unpaired) electrons. The molecule has 18 heavy (non-hydrogen) atoms. The average Bonchev–Trinajstić information content (AvgIpc) is 2.36. The van der Waals surface area contributed by atoms with Crippen molar-refractivity contribution >= 4 is 0 Å². The van der Waals surface area contributed by atoms with Crippen molar-refractivity contribution in [1.82, 2.24) is 14.9 Å². The summed E-state index contributed by atoms with van der Waals surface area (Å²) >= 11 is 0. The van der Waals surface area contributed by atoms with E-state index >= 15 is 0 Å². The van der Waals surface area contributed by atoms with Crippen molar-refractivity contribution in [3.63, 3.8) is 0 Å². The third kappa shape index (κ3) is 5.93. The molecule has 1 aromatic rings. The number of nitrogens with zero attached hydrogens (tertiary/aromatic N) is 2. The molecule has 0 fully saturated rings. The van der Waals surface area contributed by atoms with Crippen LogP contribution in [0.5, 0.6) is 0 Å². The number of ether oxygens (including phenoxy) is 1. The molecule has 0 aromatic carbocycles. The van der Waals surface area contributed by atoms with Crippen LogP contribution >= 0.6 is 0 Å². The average molecular weight is 253 g/mol. The first-order chi connectivity index (χ1) is 8.74. The molecule has 0 unspecified atom stereocenters. The molecule has 0 spiro atoms. The topological polar surface area (TPSA) is 56.1 Å². The van der Waals surface area contributed by atoms with Gasteiger partial charge in [-0.15, -0.1) is 0 Å². The molecule has 0 saturated heterocycles. The van der Waals surface area contributed by atoms with Gasteiger partial charge in [-0.2, -0.15) is 0 Å². The van der Waals surface area contributed by atoms with Crippen molar-refractivity contribution in [3.05, 3.63) is 28.4 Å². The molecule has 1 heterocycles. The van der Waals surface area contributed by atoms with E-state index in [9.17, 15) is 4.79 Å². The molecule has 102 valence electrons. The summed E-state index contributed by atoms with van der Waals surface area (Å²) in [5, 5.41) is 3.24. The van der Waals surface area contributed by atoms with Gasteiger partial charge in [-0.3, -0.25) is 4.57 Å². The number of hydrogen-bond acceptors (Lipinski definition) is 4. The number of hydrogen-bond donors (Lipinski definition) is 1. The summed E-state index contributed by atoms with van der Waals surface area (Å²) in [6.07, 6.45) is 5.70. The van der Waals surface area contributed by atoms with Crippen LogP contribution in [0.3, 0.4) is 0 Å². The van der Waals surface area contributed by atoms with Gasteiger partial charge in [0, 0.05) is 38.6 Å². The van der Waals surface area contributed by atoms with E-state index in [4.69, 9.17) is 4.74 Å². The Bertz CT molecular complexity index is 390. The second-order valence-electron chi connectivity index (χ2n) is 4.32. The number of rotatable bonds is 9. The number of unbranched alkanes of at least 4 members (excludes halogenated alkanes) is 1. The van der Waals surface area contributed by atoms with Gasteiger partial charge in [0.15, 0.2) is 0 Å². The molecule has 0 aliphatic carbocycles. The van der Waals surface area contributed by atoms with Crippen molar-refractivity contribution < 1.29 is 4.74 Å². The first kappa shape index (κ1) is 14.9. The lowest BCUT2D eigenvalue weighted by Crippen LogP contribution is -2.30. The van der Waals surface area contributed by atoms with E-state index in [0.29, 0.717) is 6.54 Å². The highest BCUT2D eigenvalue weighted by molar-refractivity contribution is 4.99. The Morgan fingerprint density at radius 1 is 1.39 bits per heavy atom. The van der Waals surface area contributed by atoms with Crippen LogP contribution < -0.4 is 11.0 Å². The summed E-state index contributed by atoms with van der Waals surface area (Å²) in [5.74, 6) is 0. The minimum absolute atomic E-state index is 0.193. The fourth-order valence-electron chi connectivity index (χ4n) is 1.54. The van der Waals surface area contributed by atoms with Gasteiger partial charge in [0.2, 0.25) is 0 Å². The SMILES string of the molecule is CCCCOCCNCCn1cc(C)cnc1=O. The maximum atomic E-state index is 11.4. The summed E-state index contributed by atoms with van der Waals surface area (Å²) in [4.78, 5) is 15.2. The zero-order valence-electron chi connectivity index (χ0n) is 11.3. The van der Waals surface area contributed by atoms with Crippen molar-refractivity contribution in [3.8, 4) is 0 Å². The molecule has 0 aliphatic heterocycles. The van der Waals surface area contributed by atoms with Crippen molar-refractivity contribution in [1.29, 1.82) is 0 Å². The highest BCUT2D eigenvalue weighted by Crippen LogP contribution is 1.89. The molecule has 1 aromatic heterocycles. The Morgan fingerprint density at radius 2 is 2.22 bits per heavy atom.